The van der Waals surface area contributed by atoms with E-state index >= 15 is 0 Å². The summed E-state index contributed by atoms with van der Waals surface area (Å²) in [4.78, 5) is 24.7. The molecular formula is C29H34N4O6S. The number of carbonyl (C=O) groups excluding carboxylic acids is 1. The van der Waals surface area contributed by atoms with Gasteiger partial charge >= 0.3 is 6.09 Å². The van der Waals surface area contributed by atoms with Gasteiger partial charge in [-0.1, -0.05) is 30.3 Å². The fourth-order valence-electron chi connectivity index (χ4n) is 3.58. The number of thiocarbonyl (C=S) groups is 1. The Labute approximate surface area is 239 Å². The van der Waals surface area contributed by atoms with Crippen LogP contribution in [-0.4, -0.2) is 57.5 Å². The molecule has 10 nitrogen and oxygen atoms in total. The van der Waals surface area contributed by atoms with Crippen LogP contribution in [0.4, 0.5) is 21.9 Å². The molecule has 0 aromatic heterocycles. The number of ether oxygens (including phenoxy) is 2. The van der Waals surface area contributed by atoms with Gasteiger partial charge in [-0.25, -0.2) is 4.79 Å². The molecule has 3 aromatic carbocycles. The summed E-state index contributed by atoms with van der Waals surface area (Å²) in [6.45, 7) is 5.83. The highest BCUT2D eigenvalue weighted by Crippen LogP contribution is 2.17. The molecule has 0 bridgehead atoms. The van der Waals surface area contributed by atoms with Crippen LogP contribution in [-0.2, 0) is 11.2 Å². The Morgan fingerprint density at radius 2 is 1.57 bits per heavy atom. The monoisotopic (exact) mass is 566 g/mol. The summed E-state index contributed by atoms with van der Waals surface area (Å²) in [6, 6.07) is 22.7. The molecule has 1 atom stereocenters. The van der Waals surface area contributed by atoms with Crippen molar-refractivity contribution in [3.05, 3.63) is 94.5 Å². The van der Waals surface area contributed by atoms with E-state index in [1.54, 1.807) is 45.0 Å². The molecule has 1 amide bonds. The van der Waals surface area contributed by atoms with E-state index in [9.17, 15) is 20.0 Å². The van der Waals surface area contributed by atoms with Gasteiger partial charge < -0.3 is 30.1 Å². The Hall–Kier alpha value is -4.22. The van der Waals surface area contributed by atoms with Crippen molar-refractivity contribution in [2.75, 3.05) is 30.3 Å². The molecule has 0 heterocycles. The van der Waals surface area contributed by atoms with Crippen LogP contribution in [0.15, 0.2) is 78.9 Å². The molecule has 3 rings (SSSR count). The average Bonchev–Trinajstić information content (AvgIpc) is 2.90. The number of nitro groups is 1. The fourth-order valence-corrected chi connectivity index (χ4v) is 3.81. The SMILES string of the molecule is CC(C)(C)OC(=O)N(CCc1ccc(NC(=S)Nc2ccc([N+](=O)[O-])cc2)cc1)C[C@H](O)COc1ccccc1. The zero-order chi connectivity index (χ0) is 29.1. The van der Waals surface area contributed by atoms with Gasteiger partial charge in [-0.2, -0.15) is 0 Å². The van der Waals surface area contributed by atoms with E-state index in [-0.39, 0.29) is 18.8 Å². The van der Waals surface area contributed by atoms with Gasteiger partial charge in [-0.05, 0) is 81.4 Å². The Bertz CT molecular complexity index is 1260. The van der Waals surface area contributed by atoms with Crippen molar-refractivity contribution < 1.29 is 24.3 Å². The zero-order valence-electron chi connectivity index (χ0n) is 22.7. The second-order valence-corrected chi connectivity index (χ2v) is 10.4. The van der Waals surface area contributed by atoms with Crippen molar-refractivity contribution in [3.8, 4) is 5.75 Å². The lowest BCUT2D eigenvalue weighted by atomic mass is 10.1. The van der Waals surface area contributed by atoms with Crippen LogP contribution >= 0.6 is 12.2 Å². The van der Waals surface area contributed by atoms with Gasteiger partial charge in [0, 0.05) is 30.1 Å². The highest BCUT2D eigenvalue weighted by atomic mass is 32.1. The number of nitrogens with zero attached hydrogens (tertiary/aromatic N) is 2. The van der Waals surface area contributed by atoms with Crippen molar-refractivity contribution in [1.29, 1.82) is 0 Å². The highest BCUT2D eigenvalue weighted by Gasteiger charge is 2.24. The number of benzene rings is 3. The minimum absolute atomic E-state index is 0.000257. The summed E-state index contributed by atoms with van der Waals surface area (Å²) >= 11 is 5.34. The number of aliphatic hydroxyl groups excluding tert-OH is 1. The molecule has 0 fully saturated rings. The van der Waals surface area contributed by atoms with Gasteiger partial charge in [0.15, 0.2) is 5.11 Å². The van der Waals surface area contributed by atoms with Crippen LogP contribution < -0.4 is 15.4 Å². The predicted molar refractivity (Wildman–Crippen MR) is 159 cm³/mol. The van der Waals surface area contributed by atoms with E-state index in [0.29, 0.717) is 29.5 Å². The van der Waals surface area contributed by atoms with Crippen molar-refractivity contribution in [3.63, 3.8) is 0 Å². The maximum absolute atomic E-state index is 12.9. The first-order chi connectivity index (χ1) is 19.0. The predicted octanol–water partition coefficient (Wildman–Crippen LogP) is 5.62. The number of nitro benzene ring substituents is 1. The molecule has 0 spiro atoms. The van der Waals surface area contributed by atoms with Gasteiger partial charge in [0.2, 0.25) is 0 Å². The van der Waals surface area contributed by atoms with Crippen molar-refractivity contribution >= 4 is 40.5 Å². The minimum atomic E-state index is -0.899. The van der Waals surface area contributed by atoms with Crippen LogP contribution in [0.25, 0.3) is 0 Å². The molecule has 3 N–H and O–H groups in total. The van der Waals surface area contributed by atoms with E-state index in [1.807, 2.05) is 42.5 Å². The van der Waals surface area contributed by atoms with E-state index in [2.05, 4.69) is 10.6 Å². The molecule has 0 aliphatic rings. The maximum Gasteiger partial charge on any atom is 0.410 e. The second kappa shape index (κ2) is 14.2. The number of rotatable bonds is 11. The quantitative estimate of drug-likeness (QED) is 0.154. The number of nitrogens with one attached hydrogen (secondary N) is 2. The fraction of sp³-hybridized carbons (Fsp3) is 0.310. The number of non-ortho nitro benzene ring substituents is 1. The van der Waals surface area contributed by atoms with Crippen LogP contribution in [0, 0.1) is 10.1 Å². The molecule has 212 valence electrons. The smallest absolute Gasteiger partial charge is 0.410 e. The minimum Gasteiger partial charge on any atom is -0.491 e. The van der Waals surface area contributed by atoms with Gasteiger partial charge in [0.25, 0.3) is 5.69 Å². The molecule has 0 radical (unpaired) electrons. The van der Waals surface area contributed by atoms with E-state index in [0.717, 1.165) is 11.3 Å². The van der Waals surface area contributed by atoms with Crippen LogP contribution in [0.2, 0.25) is 0 Å². The highest BCUT2D eigenvalue weighted by molar-refractivity contribution is 7.80. The molecule has 0 saturated carbocycles. The molecule has 0 saturated heterocycles. The lowest BCUT2D eigenvalue weighted by molar-refractivity contribution is -0.384. The molecule has 0 unspecified atom stereocenters. The number of carbonyl (C=O) groups is 1. The van der Waals surface area contributed by atoms with E-state index in [4.69, 9.17) is 21.7 Å². The Morgan fingerprint density at radius 3 is 2.12 bits per heavy atom. The number of aliphatic hydroxyl groups is 1. The number of para-hydroxylation sites is 1. The Balaban J connectivity index is 1.54. The second-order valence-electron chi connectivity index (χ2n) is 10.0. The van der Waals surface area contributed by atoms with E-state index < -0.39 is 22.7 Å². The summed E-state index contributed by atoms with van der Waals surface area (Å²) in [6.07, 6.45) is -0.868. The third kappa shape index (κ3) is 10.5. The summed E-state index contributed by atoms with van der Waals surface area (Å²) in [7, 11) is 0. The van der Waals surface area contributed by atoms with Crippen molar-refractivity contribution in [2.24, 2.45) is 0 Å². The first-order valence-electron chi connectivity index (χ1n) is 12.7. The lowest BCUT2D eigenvalue weighted by Gasteiger charge is -2.29. The topological polar surface area (TPSA) is 126 Å². The third-order valence-electron chi connectivity index (χ3n) is 5.49. The third-order valence-corrected chi connectivity index (χ3v) is 5.69. The lowest BCUT2D eigenvalue weighted by Crippen LogP contribution is -2.43. The molecule has 40 heavy (non-hydrogen) atoms. The average molecular weight is 567 g/mol. The molecule has 3 aromatic rings. The summed E-state index contributed by atoms with van der Waals surface area (Å²) in [5.41, 5.74) is 1.68. The zero-order valence-corrected chi connectivity index (χ0v) is 23.5. The number of amides is 1. The first-order valence-corrected chi connectivity index (χ1v) is 13.1. The Morgan fingerprint density at radius 1 is 1.00 bits per heavy atom. The van der Waals surface area contributed by atoms with E-state index in [1.165, 1.54) is 17.0 Å². The van der Waals surface area contributed by atoms with Crippen LogP contribution in [0.3, 0.4) is 0 Å². The van der Waals surface area contributed by atoms with Gasteiger partial charge in [0.05, 0.1) is 11.5 Å². The van der Waals surface area contributed by atoms with Gasteiger partial charge in [0.1, 0.15) is 24.1 Å². The molecular weight excluding hydrogens is 532 g/mol. The number of hydrogen-bond acceptors (Lipinski definition) is 7. The van der Waals surface area contributed by atoms with Gasteiger partial charge in [-0.15, -0.1) is 0 Å². The molecule has 0 aliphatic heterocycles. The summed E-state index contributed by atoms with van der Waals surface area (Å²) in [5.74, 6) is 0.640. The van der Waals surface area contributed by atoms with Gasteiger partial charge in [-0.3, -0.25) is 10.1 Å². The number of hydrogen-bond donors (Lipinski definition) is 3. The normalized spacial score (nSPS) is 11.7. The van der Waals surface area contributed by atoms with Crippen molar-refractivity contribution in [1.82, 2.24) is 4.90 Å². The van der Waals surface area contributed by atoms with Crippen LogP contribution in [0.5, 0.6) is 5.75 Å². The molecule has 0 aliphatic carbocycles. The van der Waals surface area contributed by atoms with Crippen molar-refractivity contribution in [2.45, 2.75) is 38.9 Å². The van der Waals surface area contributed by atoms with Crippen LogP contribution in [0.1, 0.15) is 26.3 Å². The largest absolute Gasteiger partial charge is 0.491 e. The first kappa shape index (κ1) is 30.3. The standard InChI is InChI=1S/C29H34N4O6S/c1-29(2,3)39-28(35)32(19-25(34)20-38-26-7-5-4-6-8-26)18-17-21-9-11-22(12-10-21)30-27(40)31-23-13-15-24(16-14-23)33(36)37/h4-16,25,34H,17-20H2,1-3H3,(H2,30,31,40)/t25-/m0/s1. The summed E-state index contributed by atoms with van der Waals surface area (Å²) < 4.78 is 11.2. The maximum atomic E-state index is 12.9. The Kier molecular flexibility index (Phi) is 10.8. The molecule has 11 heteroatoms. The number of anilines is 2. The summed E-state index contributed by atoms with van der Waals surface area (Å²) in [5, 5.41) is 27.8.